The summed E-state index contributed by atoms with van der Waals surface area (Å²) < 4.78 is 2.58. The first kappa shape index (κ1) is 25.7. The smallest absolute Gasteiger partial charge is 0.247 e. The number of para-hydroxylation sites is 5. The predicted molar refractivity (Wildman–Crippen MR) is 202 cm³/mol. The second kappa shape index (κ2) is 8.74. The van der Waals surface area contributed by atoms with Gasteiger partial charge in [-0.15, -0.1) is 0 Å². The average Bonchev–Trinajstić information content (AvgIpc) is 3.61. The minimum atomic E-state index is -0.131. The van der Waals surface area contributed by atoms with Crippen molar-refractivity contribution in [3.8, 4) is 5.69 Å². The van der Waals surface area contributed by atoms with E-state index >= 15 is 0 Å². The van der Waals surface area contributed by atoms with Crippen molar-refractivity contribution < 1.29 is 0 Å². The Bertz CT molecular complexity index is 2620. The molecule has 1 aromatic heterocycles. The maximum Gasteiger partial charge on any atom is 0.247 e. The van der Waals surface area contributed by atoms with Crippen LogP contribution in [-0.4, -0.2) is 17.3 Å². The van der Waals surface area contributed by atoms with E-state index in [0.717, 1.165) is 0 Å². The summed E-state index contributed by atoms with van der Waals surface area (Å²) in [6.07, 6.45) is 7.21. The lowest BCUT2D eigenvalue weighted by atomic mass is 9.31. The van der Waals surface area contributed by atoms with E-state index in [1.54, 1.807) is 0 Å². The van der Waals surface area contributed by atoms with E-state index in [9.17, 15) is 0 Å². The molecule has 48 heavy (non-hydrogen) atoms. The van der Waals surface area contributed by atoms with Gasteiger partial charge in [-0.2, -0.15) is 0 Å². The highest BCUT2D eigenvalue weighted by atomic mass is 32.2. The Morgan fingerprint density at radius 1 is 0.667 bits per heavy atom. The first-order chi connectivity index (χ1) is 23.7. The molecule has 12 rings (SSSR count). The third kappa shape index (κ3) is 2.93. The fourth-order valence-corrected chi connectivity index (χ4v) is 10.8. The monoisotopic (exact) mass is 629 g/mol. The predicted octanol–water partition coefficient (Wildman–Crippen LogP) is 9.47. The largest absolute Gasteiger partial charge is 0.334 e. The summed E-state index contributed by atoms with van der Waals surface area (Å²) in [7, 11) is 0. The molecule has 0 radical (unpaired) electrons. The summed E-state index contributed by atoms with van der Waals surface area (Å²) in [4.78, 5) is 7.75. The van der Waals surface area contributed by atoms with E-state index in [1.807, 2.05) is 11.8 Å². The van der Waals surface area contributed by atoms with E-state index in [4.69, 9.17) is 0 Å². The van der Waals surface area contributed by atoms with Crippen molar-refractivity contribution in [2.75, 3.05) is 9.80 Å². The van der Waals surface area contributed by atoms with Crippen LogP contribution in [0.4, 0.5) is 28.4 Å². The Balaban J connectivity index is 1.26. The lowest BCUT2D eigenvalue weighted by Gasteiger charge is -2.48. The molecule has 5 heteroatoms. The first-order valence-electron chi connectivity index (χ1n) is 16.9. The fraction of sp³-hybridized carbons (Fsp3) is 0.0698. The number of benzene rings is 6. The first-order valence-corrected chi connectivity index (χ1v) is 17.7. The van der Waals surface area contributed by atoms with Gasteiger partial charge in [0.1, 0.15) is 0 Å². The van der Waals surface area contributed by atoms with Crippen LogP contribution in [0.5, 0.6) is 0 Å². The van der Waals surface area contributed by atoms with Gasteiger partial charge in [0.15, 0.2) is 0 Å². The molecule has 0 amide bonds. The molecule has 0 spiro atoms. The Labute approximate surface area is 283 Å². The summed E-state index contributed by atoms with van der Waals surface area (Å²) in [5.74, 6) is 0. The van der Waals surface area contributed by atoms with Gasteiger partial charge in [0, 0.05) is 48.6 Å². The van der Waals surface area contributed by atoms with Crippen LogP contribution in [0.2, 0.25) is 0 Å². The van der Waals surface area contributed by atoms with Crippen molar-refractivity contribution >= 4 is 79.6 Å². The number of hydrogen-bond acceptors (Lipinski definition) is 3. The topological polar surface area (TPSA) is 11.4 Å². The van der Waals surface area contributed by atoms with Gasteiger partial charge in [-0.1, -0.05) is 114 Å². The minimum absolute atomic E-state index is 0.131. The molecule has 0 N–H and O–H groups in total. The van der Waals surface area contributed by atoms with Crippen molar-refractivity contribution in [3.05, 3.63) is 157 Å². The number of hydrogen-bond donors (Lipinski definition) is 0. The summed E-state index contributed by atoms with van der Waals surface area (Å²) in [5.41, 5.74) is 15.8. The molecule has 2 atom stereocenters. The molecule has 0 bridgehead atoms. The van der Waals surface area contributed by atoms with Gasteiger partial charge < -0.3 is 14.4 Å². The van der Waals surface area contributed by atoms with Crippen LogP contribution < -0.4 is 20.7 Å². The van der Waals surface area contributed by atoms with Gasteiger partial charge in [-0.05, 0) is 71.9 Å². The Morgan fingerprint density at radius 3 is 2.19 bits per heavy atom. The third-order valence-corrected chi connectivity index (χ3v) is 12.7. The number of nitrogens with zero attached hydrogens (tertiary/aromatic N) is 3. The van der Waals surface area contributed by atoms with E-state index in [-0.39, 0.29) is 18.2 Å². The number of rotatable bonds is 1. The number of aromatic nitrogens is 1. The zero-order valence-electron chi connectivity index (χ0n) is 26.3. The van der Waals surface area contributed by atoms with E-state index in [1.165, 1.54) is 87.7 Å². The summed E-state index contributed by atoms with van der Waals surface area (Å²) >= 11 is 1.87. The Hall–Kier alpha value is -5.39. The Morgan fingerprint density at radius 2 is 1.35 bits per heavy atom. The van der Waals surface area contributed by atoms with E-state index < -0.39 is 0 Å². The quantitative estimate of drug-likeness (QED) is 0.168. The van der Waals surface area contributed by atoms with Crippen LogP contribution in [0, 0.1) is 0 Å². The highest BCUT2D eigenvalue weighted by Gasteiger charge is 2.56. The van der Waals surface area contributed by atoms with Gasteiger partial charge in [-0.3, -0.25) is 0 Å². The lowest BCUT2D eigenvalue weighted by molar-refractivity contribution is 0.540. The maximum absolute atomic E-state index is 2.69. The van der Waals surface area contributed by atoms with Crippen molar-refractivity contribution in [1.82, 2.24) is 4.57 Å². The third-order valence-electron chi connectivity index (χ3n) is 11.6. The van der Waals surface area contributed by atoms with Gasteiger partial charge >= 0.3 is 0 Å². The highest BCUT2D eigenvalue weighted by Crippen LogP contribution is 2.58. The molecular formula is C43H28BN3S. The summed E-state index contributed by atoms with van der Waals surface area (Å²) in [6, 6.07) is 48.0. The molecule has 7 aromatic rings. The molecular weight excluding hydrogens is 601 g/mol. The molecule has 0 saturated heterocycles. The van der Waals surface area contributed by atoms with E-state index in [2.05, 4.69) is 167 Å². The average molecular weight is 630 g/mol. The van der Waals surface area contributed by atoms with Crippen LogP contribution in [0.15, 0.2) is 161 Å². The van der Waals surface area contributed by atoms with Gasteiger partial charge in [-0.25, -0.2) is 0 Å². The molecule has 5 heterocycles. The normalized spacial score (nSPS) is 20.3. The molecule has 0 fully saturated rings. The highest BCUT2D eigenvalue weighted by molar-refractivity contribution is 7.99. The Kier molecular flexibility index (Phi) is 4.68. The summed E-state index contributed by atoms with van der Waals surface area (Å²) in [5, 5.41) is 2.64. The zero-order valence-corrected chi connectivity index (χ0v) is 27.1. The SMILES string of the molecule is CC12C=CC=C3B4c5c(cc(N6c7ccccc7Sc7ccccc76)cc5-n5c6ccccc6c6cccc4c65)N(c4ccccc41)C32. The van der Waals surface area contributed by atoms with Crippen molar-refractivity contribution in [1.29, 1.82) is 0 Å². The van der Waals surface area contributed by atoms with E-state index in [0.29, 0.717) is 0 Å². The van der Waals surface area contributed by atoms with Crippen molar-refractivity contribution in [2.45, 2.75) is 28.2 Å². The van der Waals surface area contributed by atoms with Crippen molar-refractivity contribution in [2.24, 2.45) is 0 Å². The number of fused-ring (bicyclic) bond motifs is 12. The second-order valence-electron chi connectivity index (χ2n) is 13.9. The molecule has 5 aliphatic rings. The van der Waals surface area contributed by atoms with Crippen LogP contribution in [0.3, 0.4) is 0 Å². The molecule has 4 aliphatic heterocycles. The van der Waals surface area contributed by atoms with Crippen LogP contribution in [-0.2, 0) is 5.41 Å². The molecule has 0 saturated carbocycles. The maximum atomic E-state index is 2.69. The van der Waals surface area contributed by atoms with Crippen LogP contribution in [0.1, 0.15) is 12.5 Å². The summed E-state index contributed by atoms with van der Waals surface area (Å²) in [6.45, 7) is 2.62. The molecule has 1 aliphatic carbocycles. The van der Waals surface area contributed by atoms with Crippen LogP contribution in [0.25, 0.3) is 27.5 Å². The standard InChI is InChI=1S/C43H28BN3S/c1-43-23-11-16-31-42(43)47(33-18-5-3-14-29(33)43)37-25-26(45-34-19-6-8-21-38(34)48-39-22-9-7-20-35(39)45)24-36-40(37)44(31)30-15-10-13-28-27-12-2-4-17-32(27)46(36)41(28)30/h2-25,42H,1H3. The molecule has 3 nitrogen and oxygen atoms in total. The van der Waals surface area contributed by atoms with Gasteiger partial charge in [0.25, 0.3) is 0 Å². The number of allylic oxidation sites excluding steroid dienone is 2. The van der Waals surface area contributed by atoms with Gasteiger partial charge in [0.2, 0.25) is 6.71 Å². The zero-order chi connectivity index (χ0) is 31.3. The number of anilines is 5. The second-order valence-corrected chi connectivity index (χ2v) is 15.0. The van der Waals surface area contributed by atoms with Crippen LogP contribution >= 0.6 is 11.8 Å². The minimum Gasteiger partial charge on any atom is -0.334 e. The molecule has 224 valence electrons. The molecule has 6 aromatic carbocycles. The fourth-order valence-electron chi connectivity index (χ4n) is 9.77. The molecule has 2 unspecified atom stereocenters. The van der Waals surface area contributed by atoms with Gasteiger partial charge in [0.05, 0.1) is 28.6 Å². The van der Waals surface area contributed by atoms with Crippen molar-refractivity contribution in [3.63, 3.8) is 0 Å². The lowest BCUT2D eigenvalue weighted by Crippen LogP contribution is -2.62.